The molecule has 0 radical (unpaired) electrons. The molecule has 2 aromatic rings. The molecule has 0 spiro atoms. The van der Waals surface area contributed by atoms with Crippen molar-refractivity contribution in [3.8, 4) is 0 Å². The summed E-state index contributed by atoms with van der Waals surface area (Å²) in [4.78, 5) is 13.9. The summed E-state index contributed by atoms with van der Waals surface area (Å²) in [5.74, 6) is -0.240. The van der Waals surface area contributed by atoms with Gasteiger partial charge in [-0.25, -0.2) is 0 Å². The fraction of sp³-hybridized carbons (Fsp3) is 0.222. The standard InChI is InChI=1S/C9H8ClN3OS2/c1-5-2-3-6(15-5)4-11-7(14)8-12-13-9(10)16-8/h2-3H,4H2,1H3,(H,11,14). The highest BCUT2D eigenvalue weighted by Gasteiger charge is 2.11. The van der Waals surface area contributed by atoms with Crippen molar-refractivity contribution in [1.82, 2.24) is 15.5 Å². The topological polar surface area (TPSA) is 54.9 Å². The van der Waals surface area contributed by atoms with Gasteiger partial charge in [-0.2, -0.15) is 0 Å². The van der Waals surface area contributed by atoms with Crippen molar-refractivity contribution in [2.75, 3.05) is 0 Å². The summed E-state index contributed by atoms with van der Waals surface area (Å²) in [5.41, 5.74) is 0. The second-order valence-corrected chi connectivity index (χ2v) is 5.99. The molecule has 2 rings (SSSR count). The van der Waals surface area contributed by atoms with E-state index in [9.17, 15) is 4.79 Å². The van der Waals surface area contributed by atoms with Crippen molar-refractivity contribution in [1.29, 1.82) is 0 Å². The van der Waals surface area contributed by atoms with Crippen LogP contribution in [-0.4, -0.2) is 16.1 Å². The molecule has 0 aliphatic carbocycles. The van der Waals surface area contributed by atoms with Crippen LogP contribution in [-0.2, 0) is 6.54 Å². The number of aromatic nitrogens is 2. The summed E-state index contributed by atoms with van der Waals surface area (Å²) in [6.45, 7) is 2.54. The van der Waals surface area contributed by atoms with Crippen LogP contribution in [0.15, 0.2) is 12.1 Å². The molecule has 1 N–H and O–H groups in total. The molecule has 84 valence electrons. The van der Waals surface area contributed by atoms with Gasteiger partial charge >= 0.3 is 0 Å². The van der Waals surface area contributed by atoms with E-state index in [1.54, 1.807) is 11.3 Å². The SMILES string of the molecule is Cc1ccc(CNC(=O)c2nnc(Cl)s2)s1. The van der Waals surface area contributed by atoms with Gasteiger partial charge in [-0.1, -0.05) is 11.3 Å². The number of thiophene rings is 1. The summed E-state index contributed by atoms with van der Waals surface area (Å²) >= 11 is 8.32. The minimum atomic E-state index is -0.240. The molecular formula is C9H8ClN3OS2. The number of carbonyl (C=O) groups is 1. The Bertz CT molecular complexity index is 508. The molecule has 2 heterocycles. The van der Waals surface area contributed by atoms with Crippen molar-refractivity contribution >= 4 is 40.2 Å². The van der Waals surface area contributed by atoms with Crippen LogP contribution in [0.3, 0.4) is 0 Å². The van der Waals surface area contributed by atoms with Crippen LogP contribution in [0.1, 0.15) is 19.6 Å². The molecular weight excluding hydrogens is 266 g/mol. The molecule has 1 amide bonds. The van der Waals surface area contributed by atoms with Gasteiger partial charge in [0.2, 0.25) is 9.47 Å². The first kappa shape index (κ1) is 11.5. The van der Waals surface area contributed by atoms with Crippen LogP contribution < -0.4 is 5.32 Å². The zero-order valence-electron chi connectivity index (χ0n) is 8.36. The molecule has 0 aliphatic rings. The molecule has 4 nitrogen and oxygen atoms in total. The Balaban J connectivity index is 1.93. The number of rotatable bonds is 3. The molecule has 0 atom stereocenters. The Labute approximate surface area is 105 Å². The van der Waals surface area contributed by atoms with E-state index in [1.165, 1.54) is 4.88 Å². The third-order valence-electron chi connectivity index (χ3n) is 1.81. The fourth-order valence-electron chi connectivity index (χ4n) is 1.12. The number of hydrogen-bond donors (Lipinski definition) is 1. The highest BCUT2D eigenvalue weighted by atomic mass is 35.5. The maximum Gasteiger partial charge on any atom is 0.282 e. The summed E-state index contributed by atoms with van der Waals surface area (Å²) in [5, 5.41) is 10.3. The van der Waals surface area contributed by atoms with Crippen LogP contribution in [0.25, 0.3) is 0 Å². The van der Waals surface area contributed by atoms with Gasteiger partial charge in [-0.15, -0.1) is 21.5 Å². The lowest BCUT2D eigenvalue weighted by Gasteiger charge is -1.98. The Hall–Kier alpha value is -0.980. The van der Waals surface area contributed by atoms with E-state index in [4.69, 9.17) is 11.6 Å². The maximum absolute atomic E-state index is 11.6. The van der Waals surface area contributed by atoms with E-state index < -0.39 is 0 Å². The minimum absolute atomic E-state index is 0.240. The third-order valence-corrected chi connectivity index (χ3v) is 3.83. The van der Waals surface area contributed by atoms with Gasteiger partial charge < -0.3 is 5.32 Å². The predicted octanol–water partition coefficient (Wildman–Crippen LogP) is 2.49. The van der Waals surface area contributed by atoms with Crippen molar-refractivity contribution in [3.05, 3.63) is 31.4 Å². The summed E-state index contributed by atoms with van der Waals surface area (Å²) in [7, 11) is 0. The van der Waals surface area contributed by atoms with Crippen LogP contribution in [0, 0.1) is 6.92 Å². The Morgan fingerprint density at radius 1 is 1.44 bits per heavy atom. The van der Waals surface area contributed by atoms with Crippen LogP contribution >= 0.6 is 34.3 Å². The minimum Gasteiger partial charge on any atom is -0.345 e. The van der Waals surface area contributed by atoms with E-state index in [-0.39, 0.29) is 10.4 Å². The molecule has 0 bridgehead atoms. The van der Waals surface area contributed by atoms with E-state index >= 15 is 0 Å². The third kappa shape index (κ3) is 2.78. The van der Waals surface area contributed by atoms with Gasteiger partial charge in [0.1, 0.15) is 0 Å². The highest BCUT2D eigenvalue weighted by Crippen LogP contribution is 2.16. The molecule has 7 heteroatoms. The second-order valence-electron chi connectivity index (χ2n) is 3.06. The van der Waals surface area contributed by atoms with E-state index in [2.05, 4.69) is 15.5 Å². The number of nitrogens with one attached hydrogen (secondary N) is 1. The van der Waals surface area contributed by atoms with Crippen molar-refractivity contribution in [3.63, 3.8) is 0 Å². The number of carbonyl (C=O) groups excluding carboxylic acids is 1. The molecule has 0 saturated heterocycles. The van der Waals surface area contributed by atoms with Crippen molar-refractivity contribution < 1.29 is 4.79 Å². The average Bonchev–Trinajstić information content (AvgIpc) is 2.84. The molecule has 0 unspecified atom stereocenters. The number of halogens is 1. The lowest BCUT2D eigenvalue weighted by molar-refractivity contribution is 0.0950. The normalized spacial score (nSPS) is 10.4. The Morgan fingerprint density at radius 2 is 2.25 bits per heavy atom. The van der Waals surface area contributed by atoms with Gasteiger partial charge in [-0.3, -0.25) is 4.79 Å². The first-order valence-corrected chi connectivity index (χ1v) is 6.49. The number of aryl methyl sites for hydroxylation is 1. The lowest BCUT2D eigenvalue weighted by atomic mass is 10.4. The molecule has 0 fully saturated rings. The molecule has 16 heavy (non-hydrogen) atoms. The molecule has 0 aromatic carbocycles. The second kappa shape index (κ2) is 4.90. The molecule has 2 aromatic heterocycles. The van der Waals surface area contributed by atoms with Gasteiger partial charge in [0.15, 0.2) is 0 Å². The summed E-state index contributed by atoms with van der Waals surface area (Å²) in [6.07, 6.45) is 0. The molecule has 0 saturated carbocycles. The van der Waals surface area contributed by atoms with Gasteiger partial charge in [-0.05, 0) is 30.7 Å². The zero-order chi connectivity index (χ0) is 11.5. The van der Waals surface area contributed by atoms with Gasteiger partial charge in [0.25, 0.3) is 5.91 Å². The monoisotopic (exact) mass is 273 g/mol. The first-order chi connectivity index (χ1) is 7.65. The smallest absolute Gasteiger partial charge is 0.282 e. The van der Waals surface area contributed by atoms with E-state index in [1.807, 2.05) is 19.1 Å². The van der Waals surface area contributed by atoms with Crippen LogP contribution in [0.5, 0.6) is 0 Å². The lowest BCUT2D eigenvalue weighted by Crippen LogP contribution is -2.22. The maximum atomic E-state index is 11.6. The van der Waals surface area contributed by atoms with Crippen molar-refractivity contribution in [2.45, 2.75) is 13.5 Å². The Morgan fingerprint density at radius 3 is 2.81 bits per heavy atom. The summed E-state index contributed by atoms with van der Waals surface area (Å²) in [6, 6.07) is 4.02. The van der Waals surface area contributed by atoms with Gasteiger partial charge in [0, 0.05) is 9.75 Å². The number of hydrogen-bond acceptors (Lipinski definition) is 5. The fourth-order valence-corrected chi connectivity index (χ4v) is 2.70. The van der Waals surface area contributed by atoms with Gasteiger partial charge in [0.05, 0.1) is 6.54 Å². The van der Waals surface area contributed by atoms with Crippen molar-refractivity contribution in [2.24, 2.45) is 0 Å². The number of amides is 1. The molecule has 0 aliphatic heterocycles. The van der Waals surface area contributed by atoms with Crippen LogP contribution in [0.2, 0.25) is 4.47 Å². The average molecular weight is 274 g/mol. The van der Waals surface area contributed by atoms with E-state index in [0.717, 1.165) is 16.2 Å². The first-order valence-electron chi connectivity index (χ1n) is 4.47. The van der Waals surface area contributed by atoms with Crippen LogP contribution in [0.4, 0.5) is 0 Å². The quantitative estimate of drug-likeness (QED) is 0.935. The predicted molar refractivity (Wildman–Crippen MR) is 65.1 cm³/mol. The highest BCUT2D eigenvalue weighted by molar-refractivity contribution is 7.17. The zero-order valence-corrected chi connectivity index (χ0v) is 10.7. The van der Waals surface area contributed by atoms with E-state index in [0.29, 0.717) is 11.6 Å². The Kier molecular flexibility index (Phi) is 3.52. The number of nitrogens with zero attached hydrogens (tertiary/aromatic N) is 2. The largest absolute Gasteiger partial charge is 0.345 e. The summed E-state index contributed by atoms with van der Waals surface area (Å²) < 4.78 is 0.275.